The molecule has 0 radical (unpaired) electrons. The molecule has 0 spiro atoms. The molecule has 1 aliphatic heterocycles. The lowest BCUT2D eigenvalue weighted by Crippen LogP contribution is -2.45. The van der Waals surface area contributed by atoms with Gasteiger partial charge < -0.3 is 9.80 Å². The van der Waals surface area contributed by atoms with Crippen LogP contribution >= 0.6 is 11.6 Å². The number of likely N-dealkylation sites (tertiary alicyclic amines) is 1. The zero-order valence-electron chi connectivity index (χ0n) is 15.6. The Bertz CT molecular complexity index is 786. The molecule has 2 aromatic rings. The first-order valence-corrected chi connectivity index (χ1v) is 9.76. The molecule has 5 heteroatoms. The molecule has 0 aromatic heterocycles. The van der Waals surface area contributed by atoms with Gasteiger partial charge >= 0.3 is 0 Å². The van der Waals surface area contributed by atoms with Crippen molar-refractivity contribution >= 4 is 29.1 Å². The fourth-order valence-corrected chi connectivity index (χ4v) is 3.84. The molecule has 1 fully saturated rings. The van der Waals surface area contributed by atoms with E-state index in [4.69, 9.17) is 11.6 Å². The Morgan fingerprint density at radius 3 is 2.30 bits per heavy atom. The summed E-state index contributed by atoms with van der Waals surface area (Å²) in [5, 5.41) is 0.474. The number of hydrogen-bond donors (Lipinski definition) is 0. The lowest BCUT2D eigenvalue weighted by atomic mass is 9.90. The third-order valence-corrected chi connectivity index (χ3v) is 5.47. The minimum absolute atomic E-state index is 0.0247. The summed E-state index contributed by atoms with van der Waals surface area (Å²) >= 11 is 6.21. The SMILES string of the molecule is CC(=O)N(CC(=O)N1CCC(Cc2ccccc2)CC1)c1ccccc1Cl. The summed E-state index contributed by atoms with van der Waals surface area (Å²) in [4.78, 5) is 28.1. The van der Waals surface area contributed by atoms with E-state index in [2.05, 4.69) is 24.3 Å². The van der Waals surface area contributed by atoms with Gasteiger partial charge in [0.05, 0.1) is 10.7 Å². The van der Waals surface area contributed by atoms with Crippen molar-refractivity contribution in [2.75, 3.05) is 24.5 Å². The average molecular weight is 385 g/mol. The minimum Gasteiger partial charge on any atom is -0.341 e. The second-order valence-electron chi connectivity index (χ2n) is 7.07. The van der Waals surface area contributed by atoms with Crippen LogP contribution in [-0.2, 0) is 16.0 Å². The smallest absolute Gasteiger partial charge is 0.242 e. The van der Waals surface area contributed by atoms with Gasteiger partial charge in [0.2, 0.25) is 11.8 Å². The summed E-state index contributed by atoms with van der Waals surface area (Å²) in [5.74, 6) is 0.391. The molecule has 2 amide bonds. The molecule has 1 heterocycles. The highest BCUT2D eigenvalue weighted by atomic mass is 35.5. The molecule has 0 atom stereocenters. The Kier molecular flexibility index (Phi) is 6.51. The van der Waals surface area contributed by atoms with E-state index in [1.165, 1.54) is 17.4 Å². The van der Waals surface area contributed by atoms with Gasteiger partial charge in [-0.3, -0.25) is 9.59 Å². The quantitative estimate of drug-likeness (QED) is 0.776. The van der Waals surface area contributed by atoms with Gasteiger partial charge in [0, 0.05) is 20.0 Å². The Hall–Kier alpha value is -2.33. The molecule has 1 saturated heterocycles. The molecule has 0 N–H and O–H groups in total. The van der Waals surface area contributed by atoms with Gasteiger partial charge in [0.15, 0.2) is 0 Å². The maximum atomic E-state index is 12.8. The highest BCUT2D eigenvalue weighted by Crippen LogP contribution is 2.26. The summed E-state index contributed by atoms with van der Waals surface area (Å²) in [6.45, 7) is 2.97. The van der Waals surface area contributed by atoms with Crippen LogP contribution < -0.4 is 4.90 Å². The van der Waals surface area contributed by atoms with Crippen LogP contribution in [0.3, 0.4) is 0 Å². The number of anilines is 1. The lowest BCUT2D eigenvalue weighted by Gasteiger charge is -2.33. The predicted octanol–water partition coefficient (Wildman–Crippen LogP) is 4.17. The zero-order valence-corrected chi connectivity index (χ0v) is 16.4. The number of piperidine rings is 1. The molecule has 27 heavy (non-hydrogen) atoms. The average Bonchev–Trinajstić information content (AvgIpc) is 2.68. The van der Waals surface area contributed by atoms with Crippen LogP contribution in [0, 0.1) is 5.92 Å². The van der Waals surface area contributed by atoms with Crippen molar-refractivity contribution in [3.63, 3.8) is 0 Å². The number of rotatable bonds is 5. The van der Waals surface area contributed by atoms with Gasteiger partial charge in [-0.05, 0) is 42.9 Å². The van der Waals surface area contributed by atoms with E-state index in [0.29, 0.717) is 16.6 Å². The first-order valence-electron chi connectivity index (χ1n) is 9.39. The largest absolute Gasteiger partial charge is 0.341 e. The summed E-state index contributed by atoms with van der Waals surface area (Å²) in [5.41, 5.74) is 1.93. The highest BCUT2D eigenvalue weighted by molar-refractivity contribution is 6.33. The molecule has 0 unspecified atom stereocenters. The molecule has 0 saturated carbocycles. The third-order valence-electron chi connectivity index (χ3n) is 5.15. The Morgan fingerprint density at radius 1 is 1.04 bits per heavy atom. The van der Waals surface area contributed by atoms with Gasteiger partial charge in [-0.15, -0.1) is 0 Å². The van der Waals surface area contributed by atoms with Crippen molar-refractivity contribution in [1.82, 2.24) is 4.90 Å². The second-order valence-corrected chi connectivity index (χ2v) is 7.48. The van der Waals surface area contributed by atoms with E-state index in [-0.39, 0.29) is 18.4 Å². The van der Waals surface area contributed by atoms with Crippen molar-refractivity contribution in [2.24, 2.45) is 5.92 Å². The second kappa shape index (κ2) is 9.05. The van der Waals surface area contributed by atoms with Crippen LogP contribution in [0.15, 0.2) is 54.6 Å². The van der Waals surface area contributed by atoms with Crippen LogP contribution in [0.4, 0.5) is 5.69 Å². The van der Waals surface area contributed by atoms with Crippen LogP contribution in [0.5, 0.6) is 0 Å². The third kappa shape index (κ3) is 5.10. The van der Waals surface area contributed by atoms with Crippen molar-refractivity contribution in [1.29, 1.82) is 0 Å². The molecule has 2 aromatic carbocycles. The maximum Gasteiger partial charge on any atom is 0.242 e. The summed E-state index contributed by atoms with van der Waals surface area (Å²) in [6, 6.07) is 17.6. The van der Waals surface area contributed by atoms with E-state index >= 15 is 0 Å². The minimum atomic E-state index is -0.185. The Morgan fingerprint density at radius 2 is 1.67 bits per heavy atom. The number of hydrogen-bond acceptors (Lipinski definition) is 2. The van der Waals surface area contributed by atoms with Gasteiger partial charge in [0.25, 0.3) is 0 Å². The van der Waals surface area contributed by atoms with Crippen molar-refractivity contribution < 1.29 is 9.59 Å². The fourth-order valence-electron chi connectivity index (χ4n) is 3.61. The van der Waals surface area contributed by atoms with E-state index in [0.717, 1.165) is 32.4 Å². The lowest BCUT2D eigenvalue weighted by molar-refractivity contribution is -0.132. The van der Waals surface area contributed by atoms with Gasteiger partial charge in [-0.25, -0.2) is 0 Å². The van der Waals surface area contributed by atoms with Crippen LogP contribution in [0.1, 0.15) is 25.3 Å². The Labute approximate surface area is 165 Å². The molecule has 4 nitrogen and oxygen atoms in total. The highest BCUT2D eigenvalue weighted by Gasteiger charge is 2.26. The van der Waals surface area contributed by atoms with Crippen molar-refractivity contribution in [2.45, 2.75) is 26.2 Å². The molecule has 142 valence electrons. The molecule has 0 bridgehead atoms. The molecular formula is C22H25ClN2O2. The van der Waals surface area contributed by atoms with E-state index in [9.17, 15) is 9.59 Å². The normalized spacial score (nSPS) is 14.8. The number of carbonyl (C=O) groups excluding carboxylic acids is 2. The van der Waals surface area contributed by atoms with Crippen molar-refractivity contribution in [3.05, 3.63) is 65.2 Å². The summed E-state index contributed by atoms with van der Waals surface area (Å²) in [7, 11) is 0. The van der Waals surface area contributed by atoms with Crippen LogP contribution in [0.25, 0.3) is 0 Å². The van der Waals surface area contributed by atoms with Crippen molar-refractivity contribution in [3.8, 4) is 0 Å². The summed E-state index contributed by atoms with van der Waals surface area (Å²) in [6.07, 6.45) is 3.04. The molecule has 0 aliphatic carbocycles. The molecule has 1 aliphatic rings. The van der Waals surface area contributed by atoms with Gasteiger partial charge in [-0.2, -0.15) is 0 Å². The molecular weight excluding hydrogens is 360 g/mol. The zero-order chi connectivity index (χ0) is 19.2. The van der Waals surface area contributed by atoms with Gasteiger partial charge in [0.1, 0.15) is 6.54 Å². The van der Waals surface area contributed by atoms with Gasteiger partial charge in [-0.1, -0.05) is 54.1 Å². The standard InChI is InChI=1S/C22H25ClN2O2/c1-17(26)25(21-10-6-5-9-20(21)23)16-22(27)24-13-11-19(12-14-24)15-18-7-3-2-4-8-18/h2-10,19H,11-16H2,1H3. The number of amides is 2. The number of para-hydroxylation sites is 1. The fraction of sp³-hybridized carbons (Fsp3) is 0.364. The maximum absolute atomic E-state index is 12.8. The number of nitrogens with zero attached hydrogens (tertiary/aromatic N) is 2. The van der Waals surface area contributed by atoms with E-state index < -0.39 is 0 Å². The van der Waals surface area contributed by atoms with Crippen LogP contribution in [0.2, 0.25) is 5.02 Å². The van der Waals surface area contributed by atoms with E-state index in [1.807, 2.05) is 23.1 Å². The molecule has 3 rings (SSSR count). The number of benzene rings is 2. The summed E-state index contributed by atoms with van der Waals surface area (Å²) < 4.78 is 0. The number of carbonyl (C=O) groups is 2. The monoisotopic (exact) mass is 384 g/mol. The number of halogens is 1. The first kappa shape index (κ1) is 19.4. The van der Waals surface area contributed by atoms with E-state index in [1.54, 1.807) is 12.1 Å². The predicted molar refractivity (Wildman–Crippen MR) is 109 cm³/mol. The first-order chi connectivity index (χ1) is 13.0. The van der Waals surface area contributed by atoms with Crippen LogP contribution in [-0.4, -0.2) is 36.3 Å². The topological polar surface area (TPSA) is 40.6 Å². The Balaban J connectivity index is 1.57.